The summed E-state index contributed by atoms with van der Waals surface area (Å²) in [5.74, 6) is -0.0731. The van der Waals surface area contributed by atoms with Gasteiger partial charge < -0.3 is 10.6 Å². The zero-order valence-corrected chi connectivity index (χ0v) is 13.8. The number of rotatable bonds is 6. The van der Waals surface area contributed by atoms with Crippen molar-refractivity contribution >= 4 is 40.5 Å². The first-order chi connectivity index (χ1) is 10.6. The Morgan fingerprint density at radius 2 is 1.68 bits per heavy atom. The third-order valence-corrected chi connectivity index (χ3v) is 3.99. The zero-order chi connectivity index (χ0) is 15.9. The van der Waals surface area contributed by atoms with E-state index in [0.717, 1.165) is 12.1 Å². The molecular weight excluding hydrogens is 319 g/mol. The molecule has 0 unspecified atom stereocenters. The largest absolute Gasteiger partial charge is 0.385 e. The average molecular weight is 337 g/mol. The molecule has 3 nitrogen and oxygen atoms in total. The van der Waals surface area contributed by atoms with Gasteiger partial charge in [-0.2, -0.15) is 0 Å². The molecule has 2 rings (SSSR count). The van der Waals surface area contributed by atoms with Gasteiger partial charge in [0.05, 0.1) is 10.0 Å². The van der Waals surface area contributed by atoms with Gasteiger partial charge in [-0.25, -0.2) is 0 Å². The molecule has 2 N–H and O–H groups in total. The van der Waals surface area contributed by atoms with Crippen LogP contribution in [0.1, 0.15) is 18.9 Å². The highest BCUT2D eigenvalue weighted by atomic mass is 35.5. The average Bonchev–Trinajstić information content (AvgIpc) is 2.51. The van der Waals surface area contributed by atoms with Crippen molar-refractivity contribution in [1.82, 2.24) is 0 Å². The summed E-state index contributed by atoms with van der Waals surface area (Å²) in [6.45, 7) is 2.69. The van der Waals surface area contributed by atoms with E-state index in [1.165, 1.54) is 5.56 Å². The van der Waals surface area contributed by atoms with E-state index < -0.39 is 0 Å². The van der Waals surface area contributed by atoms with E-state index in [2.05, 4.69) is 29.7 Å². The van der Waals surface area contributed by atoms with Gasteiger partial charge in [-0.3, -0.25) is 4.79 Å². The fraction of sp³-hybridized carbons (Fsp3) is 0.235. The number of amides is 1. The highest BCUT2D eigenvalue weighted by molar-refractivity contribution is 6.42. The van der Waals surface area contributed by atoms with E-state index in [0.29, 0.717) is 28.7 Å². The van der Waals surface area contributed by atoms with Crippen molar-refractivity contribution in [3.05, 3.63) is 58.1 Å². The molecule has 0 bridgehead atoms. The molecule has 22 heavy (non-hydrogen) atoms. The highest BCUT2D eigenvalue weighted by Crippen LogP contribution is 2.25. The van der Waals surface area contributed by atoms with E-state index in [1.807, 2.05) is 12.1 Å². The molecule has 0 aliphatic carbocycles. The zero-order valence-electron chi connectivity index (χ0n) is 12.3. The lowest BCUT2D eigenvalue weighted by Gasteiger charge is -2.08. The first-order valence-electron chi connectivity index (χ1n) is 7.16. The predicted molar refractivity (Wildman–Crippen MR) is 94.0 cm³/mol. The summed E-state index contributed by atoms with van der Waals surface area (Å²) in [6.07, 6.45) is 1.39. The van der Waals surface area contributed by atoms with Gasteiger partial charge in [-0.15, -0.1) is 0 Å². The Morgan fingerprint density at radius 1 is 1.00 bits per heavy atom. The van der Waals surface area contributed by atoms with E-state index in [9.17, 15) is 4.79 Å². The van der Waals surface area contributed by atoms with Crippen LogP contribution in [0, 0.1) is 0 Å². The molecule has 2 aromatic carbocycles. The molecule has 0 atom stereocenters. The fourth-order valence-corrected chi connectivity index (χ4v) is 2.27. The topological polar surface area (TPSA) is 41.1 Å². The maximum Gasteiger partial charge on any atom is 0.226 e. The van der Waals surface area contributed by atoms with Crippen LogP contribution in [0.4, 0.5) is 11.4 Å². The minimum Gasteiger partial charge on any atom is -0.385 e. The van der Waals surface area contributed by atoms with Crippen molar-refractivity contribution in [2.75, 3.05) is 17.2 Å². The summed E-state index contributed by atoms with van der Waals surface area (Å²) in [5.41, 5.74) is 2.95. The molecule has 0 aliphatic rings. The van der Waals surface area contributed by atoms with Crippen molar-refractivity contribution < 1.29 is 4.79 Å². The van der Waals surface area contributed by atoms with Crippen LogP contribution in [0.15, 0.2) is 42.5 Å². The third-order valence-electron chi connectivity index (χ3n) is 3.25. The van der Waals surface area contributed by atoms with Gasteiger partial charge >= 0.3 is 0 Å². The maximum atomic E-state index is 11.9. The monoisotopic (exact) mass is 336 g/mol. The van der Waals surface area contributed by atoms with Crippen LogP contribution in [0.5, 0.6) is 0 Å². The standard InChI is InChI=1S/C17H18Cl2N2O/c1-2-12-3-5-13(6-4-12)20-10-9-17(22)21-14-7-8-15(18)16(19)11-14/h3-8,11,20H,2,9-10H2,1H3,(H,21,22). The summed E-state index contributed by atoms with van der Waals surface area (Å²) in [6, 6.07) is 13.2. The second kappa shape index (κ2) is 8.06. The van der Waals surface area contributed by atoms with Crippen molar-refractivity contribution in [3.63, 3.8) is 0 Å². The molecule has 0 radical (unpaired) electrons. The molecule has 0 aliphatic heterocycles. The molecule has 2 aromatic rings. The van der Waals surface area contributed by atoms with Crippen LogP contribution >= 0.6 is 23.2 Å². The smallest absolute Gasteiger partial charge is 0.226 e. The van der Waals surface area contributed by atoms with Crippen molar-refractivity contribution in [1.29, 1.82) is 0 Å². The summed E-state index contributed by atoms with van der Waals surface area (Å²) in [7, 11) is 0. The lowest BCUT2D eigenvalue weighted by molar-refractivity contribution is -0.115. The van der Waals surface area contributed by atoms with Gasteiger partial charge in [0, 0.05) is 24.3 Å². The number of halogens is 2. The van der Waals surface area contributed by atoms with Crippen LogP contribution < -0.4 is 10.6 Å². The lowest BCUT2D eigenvalue weighted by Crippen LogP contribution is -2.16. The van der Waals surface area contributed by atoms with E-state index in [4.69, 9.17) is 23.2 Å². The van der Waals surface area contributed by atoms with E-state index >= 15 is 0 Å². The van der Waals surface area contributed by atoms with Gasteiger partial charge in [0.25, 0.3) is 0 Å². The van der Waals surface area contributed by atoms with E-state index in [1.54, 1.807) is 18.2 Å². The Kier molecular flexibility index (Phi) is 6.10. The number of carbonyl (C=O) groups is 1. The molecule has 0 saturated carbocycles. The summed E-state index contributed by atoms with van der Waals surface area (Å²) < 4.78 is 0. The van der Waals surface area contributed by atoms with Crippen LogP contribution in [0.3, 0.4) is 0 Å². The van der Waals surface area contributed by atoms with Crippen LogP contribution in [0.2, 0.25) is 10.0 Å². The Balaban J connectivity index is 1.78. The molecule has 0 heterocycles. The van der Waals surface area contributed by atoms with Gasteiger partial charge in [0.2, 0.25) is 5.91 Å². The normalized spacial score (nSPS) is 10.3. The predicted octanol–water partition coefficient (Wildman–Crippen LogP) is 5.00. The van der Waals surface area contributed by atoms with Gasteiger partial charge in [-0.1, -0.05) is 42.3 Å². The Bertz CT molecular complexity index is 642. The summed E-state index contributed by atoms with van der Waals surface area (Å²) in [4.78, 5) is 11.9. The van der Waals surface area contributed by atoms with Gasteiger partial charge in [-0.05, 0) is 42.3 Å². The molecule has 5 heteroatoms. The van der Waals surface area contributed by atoms with Crippen molar-refractivity contribution in [2.45, 2.75) is 19.8 Å². The lowest BCUT2D eigenvalue weighted by atomic mass is 10.1. The number of hydrogen-bond donors (Lipinski definition) is 2. The first-order valence-corrected chi connectivity index (χ1v) is 7.92. The minimum absolute atomic E-state index is 0.0731. The number of hydrogen-bond acceptors (Lipinski definition) is 2. The minimum atomic E-state index is -0.0731. The Morgan fingerprint density at radius 3 is 2.32 bits per heavy atom. The molecule has 116 valence electrons. The summed E-state index contributed by atoms with van der Waals surface area (Å²) in [5, 5.41) is 6.91. The summed E-state index contributed by atoms with van der Waals surface area (Å²) >= 11 is 11.7. The quantitative estimate of drug-likeness (QED) is 0.779. The second-order valence-electron chi connectivity index (χ2n) is 4.90. The Hall–Kier alpha value is -1.71. The molecular formula is C17H18Cl2N2O. The van der Waals surface area contributed by atoms with Gasteiger partial charge in [0.1, 0.15) is 0 Å². The highest BCUT2D eigenvalue weighted by Gasteiger charge is 2.04. The number of aryl methyl sites for hydroxylation is 1. The maximum absolute atomic E-state index is 11.9. The third kappa shape index (κ3) is 4.93. The van der Waals surface area contributed by atoms with Crippen molar-refractivity contribution in [3.8, 4) is 0 Å². The second-order valence-corrected chi connectivity index (χ2v) is 5.72. The van der Waals surface area contributed by atoms with Crippen molar-refractivity contribution in [2.24, 2.45) is 0 Å². The van der Waals surface area contributed by atoms with Crippen LogP contribution in [-0.2, 0) is 11.2 Å². The number of anilines is 2. The van der Waals surface area contributed by atoms with Crippen LogP contribution in [0.25, 0.3) is 0 Å². The SMILES string of the molecule is CCc1ccc(NCCC(=O)Nc2ccc(Cl)c(Cl)c2)cc1. The van der Waals surface area contributed by atoms with Crippen LogP contribution in [-0.4, -0.2) is 12.5 Å². The van der Waals surface area contributed by atoms with E-state index in [-0.39, 0.29) is 5.91 Å². The number of nitrogens with one attached hydrogen (secondary N) is 2. The van der Waals surface area contributed by atoms with Gasteiger partial charge in [0.15, 0.2) is 0 Å². The fourth-order valence-electron chi connectivity index (χ4n) is 1.98. The molecule has 0 spiro atoms. The molecule has 0 aromatic heterocycles. The number of carbonyl (C=O) groups excluding carboxylic acids is 1. The molecule has 0 saturated heterocycles. The first kappa shape index (κ1) is 16.7. The molecule has 0 fully saturated rings. The number of benzene rings is 2. The molecule has 1 amide bonds. The Labute approximate surface area is 140 Å².